The van der Waals surface area contributed by atoms with E-state index >= 15 is 0 Å². The lowest BCUT2D eigenvalue weighted by atomic mass is 9.87. The highest BCUT2D eigenvalue weighted by molar-refractivity contribution is 4.79. The van der Waals surface area contributed by atoms with Crippen LogP contribution in [0.2, 0.25) is 0 Å². The van der Waals surface area contributed by atoms with Crippen LogP contribution < -0.4 is 0 Å². The predicted molar refractivity (Wildman–Crippen MR) is 71.4 cm³/mol. The van der Waals surface area contributed by atoms with Crippen molar-refractivity contribution < 1.29 is 14.2 Å². The molecule has 0 aromatic rings. The van der Waals surface area contributed by atoms with Crippen LogP contribution >= 0.6 is 0 Å². The van der Waals surface area contributed by atoms with Crippen LogP contribution in [0.3, 0.4) is 0 Å². The molecule has 0 unspecified atom stereocenters. The first-order valence-corrected chi connectivity index (χ1v) is 6.68. The molecule has 0 spiro atoms. The average molecular weight is 246 g/mol. The molecule has 0 saturated carbocycles. The lowest BCUT2D eigenvalue weighted by Crippen LogP contribution is -2.39. The summed E-state index contributed by atoms with van der Waals surface area (Å²) < 4.78 is 17.1. The zero-order valence-electron chi connectivity index (χ0n) is 12.5. The quantitative estimate of drug-likeness (QED) is 0.625. The number of hydrogen-bond acceptors (Lipinski definition) is 3. The predicted octanol–water partition coefficient (Wildman–Crippen LogP) is 3.27. The zero-order valence-corrected chi connectivity index (χ0v) is 12.5. The van der Waals surface area contributed by atoms with Gasteiger partial charge in [-0.25, -0.2) is 0 Å². The normalized spacial score (nSPS) is 13.1. The van der Waals surface area contributed by atoms with E-state index in [0.717, 1.165) is 19.6 Å². The van der Waals surface area contributed by atoms with Crippen LogP contribution in [0, 0.1) is 5.41 Å². The molecule has 0 saturated heterocycles. The van der Waals surface area contributed by atoms with Crippen LogP contribution in [0.25, 0.3) is 0 Å². The fourth-order valence-corrected chi connectivity index (χ4v) is 1.44. The standard InChI is InChI=1S/C14H30O3/c1-7-14(10-15-8-2,11-16-9-3)12-17-13(4,5)6/h7-12H2,1-6H3. The minimum Gasteiger partial charge on any atom is -0.381 e. The van der Waals surface area contributed by atoms with E-state index in [2.05, 4.69) is 27.7 Å². The lowest BCUT2D eigenvalue weighted by Gasteiger charge is -2.34. The molecule has 0 aromatic carbocycles. The van der Waals surface area contributed by atoms with Gasteiger partial charge in [0.05, 0.1) is 25.4 Å². The van der Waals surface area contributed by atoms with Crippen molar-refractivity contribution in [1.82, 2.24) is 0 Å². The minimum absolute atomic E-state index is 0.0146. The molecule has 0 amide bonds. The lowest BCUT2D eigenvalue weighted by molar-refractivity contribution is -0.106. The molecular weight excluding hydrogens is 216 g/mol. The van der Waals surface area contributed by atoms with Crippen molar-refractivity contribution in [3.05, 3.63) is 0 Å². The number of ether oxygens (including phenoxy) is 3. The van der Waals surface area contributed by atoms with Crippen molar-refractivity contribution in [2.75, 3.05) is 33.0 Å². The summed E-state index contributed by atoms with van der Waals surface area (Å²) in [6.45, 7) is 16.0. The SMILES string of the molecule is CCOCC(CC)(COCC)COC(C)(C)C. The molecule has 0 radical (unpaired) electrons. The number of hydrogen-bond donors (Lipinski definition) is 0. The van der Waals surface area contributed by atoms with Crippen LogP contribution in [-0.4, -0.2) is 38.6 Å². The van der Waals surface area contributed by atoms with Gasteiger partial charge < -0.3 is 14.2 Å². The third-order valence-corrected chi connectivity index (χ3v) is 2.79. The first-order chi connectivity index (χ1) is 7.89. The second kappa shape index (κ2) is 8.06. The Labute approximate surface area is 107 Å². The highest BCUT2D eigenvalue weighted by atomic mass is 16.5. The Hall–Kier alpha value is -0.120. The molecule has 0 rings (SSSR count). The van der Waals surface area contributed by atoms with E-state index < -0.39 is 0 Å². The Balaban J connectivity index is 4.43. The van der Waals surface area contributed by atoms with E-state index in [1.165, 1.54) is 0 Å². The summed E-state index contributed by atoms with van der Waals surface area (Å²) in [5, 5.41) is 0. The molecule has 0 bridgehead atoms. The Morgan fingerprint density at radius 3 is 1.53 bits per heavy atom. The molecule has 3 nitrogen and oxygen atoms in total. The van der Waals surface area contributed by atoms with Gasteiger partial charge in [-0.15, -0.1) is 0 Å². The summed E-state index contributed by atoms with van der Waals surface area (Å²) in [6, 6.07) is 0. The van der Waals surface area contributed by atoms with Gasteiger partial charge in [0.15, 0.2) is 0 Å². The molecule has 0 atom stereocenters. The highest BCUT2D eigenvalue weighted by Crippen LogP contribution is 2.26. The third-order valence-electron chi connectivity index (χ3n) is 2.79. The maximum Gasteiger partial charge on any atom is 0.0598 e. The number of rotatable bonds is 9. The monoisotopic (exact) mass is 246 g/mol. The first kappa shape index (κ1) is 16.9. The third kappa shape index (κ3) is 7.74. The van der Waals surface area contributed by atoms with Gasteiger partial charge in [-0.1, -0.05) is 6.92 Å². The first-order valence-electron chi connectivity index (χ1n) is 6.68. The van der Waals surface area contributed by atoms with E-state index in [-0.39, 0.29) is 11.0 Å². The molecule has 0 aliphatic carbocycles. The van der Waals surface area contributed by atoms with Gasteiger partial charge >= 0.3 is 0 Å². The Morgan fingerprint density at radius 2 is 1.24 bits per heavy atom. The summed E-state index contributed by atoms with van der Waals surface area (Å²) >= 11 is 0. The van der Waals surface area contributed by atoms with Gasteiger partial charge in [0.25, 0.3) is 0 Å². The second-order valence-electron chi connectivity index (χ2n) is 5.53. The smallest absolute Gasteiger partial charge is 0.0598 e. The molecule has 0 aliphatic heterocycles. The summed E-state index contributed by atoms with van der Waals surface area (Å²) in [7, 11) is 0. The van der Waals surface area contributed by atoms with Gasteiger partial charge in [-0.05, 0) is 41.0 Å². The van der Waals surface area contributed by atoms with E-state index in [1.807, 2.05) is 13.8 Å². The Bertz CT molecular complexity index is 176. The zero-order chi connectivity index (χ0) is 13.4. The molecule has 17 heavy (non-hydrogen) atoms. The van der Waals surface area contributed by atoms with Gasteiger partial charge in [0.1, 0.15) is 0 Å². The second-order valence-corrected chi connectivity index (χ2v) is 5.53. The molecule has 0 aromatic heterocycles. The van der Waals surface area contributed by atoms with Crippen LogP contribution in [0.5, 0.6) is 0 Å². The van der Waals surface area contributed by atoms with Crippen molar-refractivity contribution in [3.8, 4) is 0 Å². The van der Waals surface area contributed by atoms with E-state index in [0.29, 0.717) is 19.8 Å². The summed E-state index contributed by atoms with van der Waals surface area (Å²) in [4.78, 5) is 0. The van der Waals surface area contributed by atoms with E-state index in [4.69, 9.17) is 14.2 Å². The maximum absolute atomic E-state index is 5.92. The maximum atomic E-state index is 5.92. The molecule has 104 valence electrons. The van der Waals surface area contributed by atoms with Crippen LogP contribution in [0.1, 0.15) is 48.0 Å². The molecule has 0 heterocycles. The molecule has 3 heteroatoms. The van der Waals surface area contributed by atoms with Crippen molar-refractivity contribution in [2.45, 2.75) is 53.6 Å². The average Bonchev–Trinajstić information content (AvgIpc) is 2.28. The van der Waals surface area contributed by atoms with Crippen molar-refractivity contribution >= 4 is 0 Å². The van der Waals surface area contributed by atoms with E-state index in [9.17, 15) is 0 Å². The molecule has 0 aliphatic rings. The van der Waals surface area contributed by atoms with E-state index in [1.54, 1.807) is 0 Å². The molecule has 0 fully saturated rings. The summed E-state index contributed by atoms with van der Waals surface area (Å²) in [5.41, 5.74) is -0.127. The minimum atomic E-state index is -0.112. The van der Waals surface area contributed by atoms with Crippen molar-refractivity contribution in [3.63, 3.8) is 0 Å². The van der Waals surface area contributed by atoms with Crippen LogP contribution in [0.4, 0.5) is 0 Å². The molecular formula is C14H30O3. The van der Waals surface area contributed by atoms with Crippen molar-refractivity contribution in [1.29, 1.82) is 0 Å². The van der Waals surface area contributed by atoms with Gasteiger partial charge in [-0.2, -0.15) is 0 Å². The topological polar surface area (TPSA) is 27.7 Å². The fourth-order valence-electron chi connectivity index (χ4n) is 1.44. The Morgan fingerprint density at radius 1 is 0.765 bits per heavy atom. The highest BCUT2D eigenvalue weighted by Gasteiger charge is 2.31. The van der Waals surface area contributed by atoms with Crippen LogP contribution in [-0.2, 0) is 14.2 Å². The Kier molecular flexibility index (Phi) is 8.01. The molecule has 0 N–H and O–H groups in total. The van der Waals surface area contributed by atoms with Gasteiger partial charge in [0.2, 0.25) is 0 Å². The summed E-state index contributed by atoms with van der Waals surface area (Å²) in [5.74, 6) is 0. The fraction of sp³-hybridized carbons (Fsp3) is 1.00. The van der Waals surface area contributed by atoms with Gasteiger partial charge in [-0.3, -0.25) is 0 Å². The van der Waals surface area contributed by atoms with Gasteiger partial charge in [0, 0.05) is 18.6 Å². The van der Waals surface area contributed by atoms with Crippen molar-refractivity contribution in [2.24, 2.45) is 5.41 Å². The van der Waals surface area contributed by atoms with Crippen LogP contribution in [0.15, 0.2) is 0 Å². The largest absolute Gasteiger partial charge is 0.381 e. The summed E-state index contributed by atoms with van der Waals surface area (Å²) in [6.07, 6.45) is 1.00.